The smallest absolute Gasteiger partial charge is 0.271 e. The molecule has 1 aliphatic carbocycles. The number of hydrogen-bond donors (Lipinski definition) is 2. The molecule has 0 atom stereocenters. The fourth-order valence-electron chi connectivity index (χ4n) is 1.77. The predicted molar refractivity (Wildman–Crippen MR) is 59.1 cm³/mol. The zero-order valence-electron chi connectivity index (χ0n) is 9.66. The number of carbonyl (C=O) groups is 1. The van der Waals surface area contributed by atoms with Crippen molar-refractivity contribution in [2.75, 3.05) is 6.54 Å². The van der Waals surface area contributed by atoms with Crippen molar-refractivity contribution in [2.24, 2.45) is 7.05 Å². The van der Waals surface area contributed by atoms with Crippen LogP contribution in [0, 0.1) is 6.92 Å². The monoisotopic (exact) mass is 223 g/mol. The van der Waals surface area contributed by atoms with Crippen LogP contribution in [0.25, 0.3) is 0 Å². The van der Waals surface area contributed by atoms with Crippen molar-refractivity contribution >= 4 is 5.91 Å². The van der Waals surface area contributed by atoms with Gasteiger partial charge in [0.1, 0.15) is 5.69 Å². The van der Waals surface area contributed by atoms with Crippen molar-refractivity contribution in [3.63, 3.8) is 0 Å². The van der Waals surface area contributed by atoms with Crippen molar-refractivity contribution in [1.29, 1.82) is 0 Å². The maximum Gasteiger partial charge on any atom is 0.271 e. The molecule has 5 nitrogen and oxygen atoms in total. The third kappa shape index (κ3) is 2.09. The van der Waals surface area contributed by atoms with Gasteiger partial charge in [-0.25, -0.2) is 0 Å². The summed E-state index contributed by atoms with van der Waals surface area (Å²) in [6, 6.07) is 1.74. The van der Waals surface area contributed by atoms with Crippen molar-refractivity contribution in [3.8, 4) is 0 Å². The van der Waals surface area contributed by atoms with E-state index in [2.05, 4.69) is 10.4 Å². The van der Waals surface area contributed by atoms with Crippen LogP contribution in [-0.4, -0.2) is 32.9 Å². The minimum absolute atomic E-state index is 0.218. The van der Waals surface area contributed by atoms with E-state index in [4.69, 9.17) is 0 Å². The SMILES string of the molecule is Cc1cc(C(=O)NCC2(O)CCC2)nn1C. The van der Waals surface area contributed by atoms with E-state index in [0.29, 0.717) is 12.2 Å². The molecular formula is C11H17N3O2. The van der Waals surface area contributed by atoms with Crippen molar-refractivity contribution in [2.45, 2.75) is 31.8 Å². The number of carbonyl (C=O) groups excluding carboxylic acids is 1. The Bertz CT molecular complexity index is 388. The van der Waals surface area contributed by atoms with Gasteiger partial charge < -0.3 is 10.4 Å². The molecule has 0 spiro atoms. The molecule has 1 amide bonds. The van der Waals surface area contributed by atoms with Gasteiger partial charge in [-0.05, 0) is 32.3 Å². The highest BCUT2D eigenvalue weighted by molar-refractivity contribution is 5.92. The quantitative estimate of drug-likeness (QED) is 0.778. The Labute approximate surface area is 94.5 Å². The third-order valence-electron chi connectivity index (χ3n) is 3.21. The molecule has 2 rings (SSSR count). The van der Waals surface area contributed by atoms with Crippen LogP contribution in [-0.2, 0) is 7.05 Å². The number of amides is 1. The summed E-state index contributed by atoms with van der Waals surface area (Å²) in [7, 11) is 1.80. The first kappa shape index (κ1) is 11.1. The number of nitrogens with zero attached hydrogens (tertiary/aromatic N) is 2. The van der Waals surface area contributed by atoms with Gasteiger partial charge in [0.05, 0.1) is 5.60 Å². The third-order valence-corrected chi connectivity index (χ3v) is 3.21. The van der Waals surface area contributed by atoms with Crippen molar-refractivity contribution in [3.05, 3.63) is 17.5 Å². The fraction of sp³-hybridized carbons (Fsp3) is 0.636. The molecule has 0 saturated heterocycles. The number of rotatable bonds is 3. The lowest BCUT2D eigenvalue weighted by atomic mass is 9.80. The molecule has 0 unspecified atom stereocenters. The summed E-state index contributed by atoms with van der Waals surface area (Å²) in [6.45, 7) is 2.21. The molecular weight excluding hydrogens is 206 g/mol. The number of hydrogen-bond acceptors (Lipinski definition) is 3. The van der Waals surface area contributed by atoms with Gasteiger partial charge in [-0.3, -0.25) is 9.48 Å². The van der Waals surface area contributed by atoms with Gasteiger partial charge >= 0.3 is 0 Å². The largest absolute Gasteiger partial charge is 0.388 e. The lowest BCUT2D eigenvalue weighted by Crippen LogP contribution is -2.47. The van der Waals surface area contributed by atoms with Gasteiger partial charge in [-0.15, -0.1) is 0 Å². The Morgan fingerprint density at radius 3 is 2.81 bits per heavy atom. The standard InChI is InChI=1S/C11H17N3O2/c1-8-6-9(13-14(8)2)10(15)12-7-11(16)4-3-5-11/h6,16H,3-5,7H2,1-2H3,(H,12,15). The van der Waals surface area contributed by atoms with Crippen LogP contribution < -0.4 is 5.32 Å². The maximum absolute atomic E-state index is 11.7. The second-order valence-corrected chi connectivity index (χ2v) is 4.56. The first-order chi connectivity index (χ1) is 7.50. The Hall–Kier alpha value is -1.36. The molecule has 0 aromatic carbocycles. The van der Waals surface area contributed by atoms with Crippen LogP contribution in [0.4, 0.5) is 0 Å². The zero-order chi connectivity index (χ0) is 11.8. The topological polar surface area (TPSA) is 67.2 Å². The molecule has 5 heteroatoms. The average molecular weight is 223 g/mol. The van der Waals surface area contributed by atoms with E-state index < -0.39 is 5.60 Å². The summed E-state index contributed by atoms with van der Waals surface area (Å²) < 4.78 is 1.66. The molecule has 1 heterocycles. The Morgan fingerprint density at radius 1 is 1.69 bits per heavy atom. The van der Waals surface area contributed by atoms with Crippen LogP contribution in [0.3, 0.4) is 0 Å². The summed E-state index contributed by atoms with van der Waals surface area (Å²) in [5.74, 6) is -0.218. The summed E-state index contributed by atoms with van der Waals surface area (Å²) in [5, 5.41) is 16.6. The lowest BCUT2D eigenvalue weighted by molar-refractivity contribution is -0.0300. The highest BCUT2D eigenvalue weighted by atomic mass is 16.3. The van der Waals surface area contributed by atoms with Crippen LogP contribution in [0.1, 0.15) is 35.4 Å². The van der Waals surface area contributed by atoms with Gasteiger partial charge in [-0.2, -0.15) is 5.10 Å². The fourth-order valence-corrected chi connectivity index (χ4v) is 1.77. The van der Waals surface area contributed by atoms with Crippen molar-refractivity contribution in [1.82, 2.24) is 15.1 Å². The molecule has 0 bridgehead atoms. The normalized spacial score (nSPS) is 17.9. The molecule has 1 aromatic rings. The van der Waals surface area contributed by atoms with Gasteiger partial charge in [0.25, 0.3) is 5.91 Å². The van der Waals surface area contributed by atoms with E-state index in [9.17, 15) is 9.90 Å². The summed E-state index contributed by atoms with van der Waals surface area (Å²) in [6.07, 6.45) is 2.58. The van der Waals surface area contributed by atoms with E-state index in [1.54, 1.807) is 17.8 Å². The van der Waals surface area contributed by atoms with E-state index in [0.717, 1.165) is 25.0 Å². The van der Waals surface area contributed by atoms with Crippen LogP contribution in [0.5, 0.6) is 0 Å². The van der Waals surface area contributed by atoms with Gasteiger partial charge in [0, 0.05) is 19.3 Å². The second-order valence-electron chi connectivity index (χ2n) is 4.56. The second kappa shape index (κ2) is 3.90. The Morgan fingerprint density at radius 2 is 2.38 bits per heavy atom. The van der Waals surface area contributed by atoms with E-state index >= 15 is 0 Å². The van der Waals surface area contributed by atoms with E-state index in [-0.39, 0.29) is 5.91 Å². The Kier molecular flexibility index (Phi) is 2.71. The molecule has 0 radical (unpaired) electrons. The number of aromatic nitrogens is 2. The van der Waals surface area contributed by atoms with E-state index in [1.807, 2.05) is 6.92 Å². The molecule has 0 aliphatic heterocycles. The highest BCUT2D eigenvalue weighted by Crippen LogP contribution is 2.30. The first-order valence-electron chi connectivity index (χ1n) is 5.51. The molecule has 1 saturated carbocycles. The minimum atomic E-state index is -0.681. The number of aliphatic hydroxyl groups is 1. The zero-order valence-corrected chi connectivity index (χ0v) is 9.66. The molecule has 1 aromatic heterocycles. The number of aryl methyl sites for hydroxylation is 2. The molecule has 2 N–H and O–H groups in total. The Balaban J connectivity index is 1.93. The molecule has 88 valence electrons. The first-order valence-corrected chi connectivity index (χ1v) is 5.51. The number of nitrogens with one attached hydrogen (secondary N) is 1. The van der Waals surface area contributed by atoms with Crippen LogP contribution in [0.2, 0.25) is 0 Å². The molecule has 1 fully saturated rings. The van der Waals surface area contributed by atoms with Gasteiger partial charge in [0.2, 0.25) is 0 Å². The predicted octanol–water partition coefficient (Wildman–Crippen LogP) is 0.373. The van der Waals surface area contributed by atoms with Crippen molar-refractivity contribution < 1.29 is 9.90 Å². The lowest BCUT2D eigenvalue weighted by Gasteiger charge is -2.36. The van der Waals surface area contributed by atoms with Gasteiger partial charge in [-0.1, -0.05) is 0 Å². The highest BCUT2D eigenvalue weighted by Gasteiger charge is 2.34. The average Bonchev–Trinajstić information content (AvgIpc) is 2.53. The summed E-state index contributed by atoms with van der Waals surface area (Å²) in [4.78, 5) is 11.7. The minimum Gasteiger partial charge on any atom is -0.388 e. The molecule has 16 heavy (non-hydrogen) atoms. The summed E-state index contributed by atoms with van der Waals surface area (Å²) >= 11 is 0. The molecule has 1 aliphatic rings. The summed E-state index contributed by atoms with van der Waals surface area (Å²) in [5.41, 5.74) is 0.662. The van der Waals surface area contributed by atoms with Crippen LogP contribution in [0.15, 0.2) is 6.07 Å². The van der Waals surface area contributed by atoms with Gasteiger partial charge in [0.15, 0.2) is 0 Å². The van der Waals surface area contributed by atoms with Crippen LogP contribution >= 0.6 is 0 Å². The van der Waals surface area contributed by atoms with E-state index in [1.165, 1.54) is 0 Å². The maximum atomic E-state index is 11.7.